The zero-order valence-corrected chi connectivity index (χ0v) is 12.5. The lowest BCUT2D eigenvalue weighted by atomic mass is 9.96. The largest absolute Gasteiger partial charge is 0.384 e. The van der Waals surface area contributed by atoms with E-state index in [2.05, 4.69) is 35.7 Å². The van der Waals surface area contributed by atoms with Crippen molar-refractivity contribution >= 4 is 11.6 Å². The van der Waals surface area contributed by atoms with E-state index >= 15 is 0 Å². The summed E-state index contributed by atoms with van der Waals surface area (Å²) in [4.78, 5) is 15.1. The maximum Gasteiger partial charge on any atom is 0.138 e. The first-order valence-corrected chi connectivity index (χ1v) is 6.61. The highest BCUT2D eigenvalue weighted by atomic mass is 15.2. The quantitative estimate of drug-likeness (QED) is 0.928. The highest BCUT2D eigenvalue weighted by Crippen LogP contribution is 2.23. The molecule has 0 aromatic carbocycles. The second kappa shape index (κ2) is 5.45. The van der Waals surface area contributed by atoms with Crippen molar-refractivity contribution < 1.29 is 0 Å². The molecule has 0 aliphatic rings. The van der Waals surface area contributed by atoms with Crippen LogP contribution in [0.25, 0.3) is 0 Å². The van der Waals surface area contributed by atoms with E-state index in [1.807, 2.05) is 30.3 Å². The number of hydrogen-bond acceptors (Lipinski definition) is 5. The van der Waals surface area contributed by atoms with E-state index in [0.29, 0.717) is 5.82 Å². The van der Waals surface area contributed by atoms with E-state index in [1.165, 1.54) is 0 Å². The van der Waals surface area contributed by atoms with Crippen molar-refractivity contribution in [1.82, 2.24) is 15.0 Å². The maximum absolute atomic E-state index is 5.90. The van der Waals surface area contributed by atoms with Gasteiger partial charge in [-0.3, -0.25) is 4.98 Å². The van der Waals surface area contributed by atoms with Gasteiger partial charge in [0.05, 0.1) is 0 Å². The molecule has 2 N–H and O–H groups in total. The number of aromatic nitrogens is 3. The summed E-state index contributed by atoms with van der Waals surface area (Å²) in [5, 5.41) is 0. The maximum atomic E-state index is 5.90. The normalized spacial score (nSPS) is 11.4. The van der Waals surface area contributed by atoms with E-state index in [-0.39, 0.29) is 5.41 Å². The van der Waals surface area contributed by atoms with Gasteiger partial charge in [0, 0.05) is 37.5 Å². The number of nitrogens with two attached hydrogens (primary N) is 1. The Kier molecular flexibility index (Phi) is 3.88. The Morgan fingerprint density at radius 1 is 1.25 bits per heavy atom. The van der Waals surface area contributed by atoms with Crippen molar-refractivity contribution in [2.75, 3.05) is 17.7 Å². The molecule has 0 amide bonds. The summed E-state index contributed by atoms with van der Waals surface area (Å²) in [5.74, 6) is 2.08. The minimum atomic E-state index is -0.126. The molecule has 0 aliphatic heterocycles. The number of anilines is 2. The first-order valence-electron chi connectivity index (χ1n) is 6.61. The Balaban J connectivity index is 2.26. The molecule has 2 rings (SSSR count). The van der Waals surface area contributed by atoms with Crippen LogP contribution in [0.1, 0.15) is 32.2 Å². The van der Waals surface area contributed by atoms with Crippen molar-refractivity contribution in [3.8, 4) is 0 Å². The molecule has 0 aliphatic carbocycles. The van der Waals surface area contributed by atoms with Crippen LogP contribution in [0.4, 0.5) is 11.6 Å². The van der Waals surface area contributed by atoms with Gasteiger partial charge in [0.15, 0.2) is 0 Å². The summed E-state index contributed by atoms with van der Waals surface area (Å²) in [5.41, 5.74) is 6.90. The molecule has 106 valence electrons. The van der Waals surface area contributed by atoms with Crippen molar-refractivity contribution in [3.63, 3.8) is 0 Å². The Morgan fingerprint density at radius 2 is 2.00 bits per heavy atom. The molecule has 2 aromatic rings. The zero-order valence-electron chi connectivity index (χ0n) is 12.5. The number of hydrogen-bond donors (Lipinski definition) is 1. The highest BCUT2D eigenvalue weighted by Gasteiger charge is 2.19. The van der Waals surface area contributed by atoms with Gasteiger partial charge in [-0.1, -0.05) is 26.8 Å². The van der Waals surface area contributed by atoms with Crippen molar-refractivity contribution in [1.29, 1.82) is 0 Å². The molecule has 0 unspecified atom stereocenters. The average molecular weight is 271 g/mol. The zero-order chi connectivity index (χ0) is 14.8. The molecule has 0 saturated carbocycles. The standard InChI is InChI=1S/C15H21N5/c1-15(2,3)14-18-12(16)8-13(19-14)20(4)10-11-6-5-7-17-9-11/h5-9H,10H2,1-4H3,(H2,16,18,19). The van der Waals surface area contributed by atoms with Gasteiger partial charge in [-0.05, 0) is 11.6 Å². The van der Waals surface area contributed by atoms with Gasteiger partial charge in [-0.2, -0.15) is 0 Å². The molecule has 5 nitrogen and oxygen atoms in total. The van der Waals surface area contributed by atoms with Gasteiger partial charge in [-0.15, -0.1) is 0 Å². The van der Waals surface area contributed by atoms with Crippen LogP contribution in [-0.2, 0) is 12.0 Å². The predicted molar refractivity (Wildman–Crippen MR) is 81.5 cm³/mol. The molecular weight excluding hydrogens is 250 g/mol. The number of rotatable bonds is 3. The van der Waals surface area contributed by atoms with Gasteiger partial charge in [0.1, 0.15) is 17.5 Å². The number of pyridine rings is 1. The van der Waals surface area contributed by atoms with Crippen LogP contribution >= 0.6 is 0 Å². The van der Waals surface area contributed by atoms with Crippen LogP contribution in [0.2, 0.25) is 0 Å². The van der Waals surface area contributed by atoms with Crippen LogP contribution in [0.3, 0.4) is 0 Å². The molecule has 2 aromatic heterocycles. The molecule has 5 heteroatoms. The van der Waals surface area contributed by atoms with E-state index in [9.17, 15) is 0 Å². The van der Waals surface area contributed by atoms with E-state index in [4.69, 9.17) is 5.73 Å². The fraction of sp³-hybridized carbons (Fsp3) is 0.400. The molecule has 20 heavy (non-hydrogen) atoms. The number of nitrogen functional groups attached to an aromatic ring is 1. The molecule has 2 heterocycles. The summed E-state index contributed by atoms with van der Waals surface area (Å²) >= 11 is 0. The Hall–Kier alpha value is -2.17. The second-order valence-corrected chi connectivity index (χ2v) is 5.94. The van der Waals surface area contributed by atoms with Crippen LogP contribution in [0.15, 0.2) is 30.6 Å². The first-order chi connectivity index (χ1) is 9.36. The van der Waals surface area contributed by atoms with E-state index in [0.717, 1.165) is 23.8 Å². The lowest BCUT2D eigenvalue weighted by Crippen LogP contribution is -2.22. The van der Waals surface area contributed by atoms with Crippen LogP contribution in [0.5, 0.6) is 0 Å². The highest BCUT2D eigenvalue weighted by molar-refractivity contribution is 5.47. The third kappa shape index (κ3) is 3.44. The summed E-state index contributed by atoms with van der Waals surface area (Å²) in [6, 6.07) is 5.77. The average Bonchev–Trinajstić information content (AvgIpc) is 2.38. The third-order valence-corrected chi connectivity index (χ3v) is 2.94. The molecule has 0 fully saturated rings. The Morgan fingerprint density at radius 3 is 2.60 bits per heavy atom. The minimum absolute atomic E-state index is 0.126. The minimum Gasteiger partial charge on any atom is -0.384 e. The van der Waals surface area contributed by atoms with Crippen LogP contribution < -0.4 is 10.6 Å². The number of nitrogens with zero attached hydrogens (tertiary/aromatic N) is 4. The Labute approximate surface area is 119 Å². The Bertz CT molecular complexity index is 575. The SMILES string of the molecule is CN(Cc1cccnc1)c1cc(N)nc(C(C)(C)C)n1. The first kappa shape index (κ1) is 14.2. The van der Waals surface area contributed by atoms with Crippen molar-refractivity contribution in [3.05, 3.63) is 42.0 Å². The van der Waals surface area contributed by atoms with Gasteiger partial charge >= 0.3 is 0 Å². The summed E-state index contributed by atoms with van der Waals surface area (Å²) in [6.45, 7) is 6.96. The van der Waals surface area contributed by atoms with Crippen molar-refractivity contribution in [2.24, 2.45) is 0 Å². The lowest BCUT2D eigenvalue weighted by molar-refractivity contribution is 0.545. The van der Waals surface area contributed by atoms with Crippen molar-refractivity contribution in [2.45, 2.75) is 32.7 Å². The molecule has 0 atom stereocenters. The summed E-state index contributed by atoms with van der Waals surface area (Å²) in [7, 11) is 1.99. The van der Waals surface area contributed by atoms with E-state index < -0.39 is 0 Å². The molecule has 0 radical (unpaired) electrons. The van der Waals surface area contributed by atoms with Gasteiger partial charge in [0.2, 0.25) is 0 Å². The lowest BCUT2D eigenvalue weighted by Gasteiger charge is -2.22. The topological polar surface area (TPSA) is 67.9 Å². The monoisotopic (exact) mass is 271 g/mol. The second-order valence-electron chi connectivity index (χ2n) is 5.94. The van der Waals surface area contributed by atoms with Gasteiger partial charge in [-0.25, -0.2) is 9.97 Å². The molecule has 0 spiro atoms. The predicted octanol–water partition coefficient (Wildman–Crippen LogP) is 2.39. The molecule has 0 saturated heterocycles. The third-order valence-electron chi connectivity index (χ3n) is 2.94. The van der Waals surface area contributed by atoms with Crippen LogP contribution in [-0.4, -0.2) is 22.0 Å². The van der Waals surface area contributed by atoms with Crippen LogP contribution in [0, 0.1) is 0 Å². The fourth-order valence-corrected chi connectivity index (χ4v) is 1.83. The summed E-state index contributed by atoms with van der Waals surface area (Å²) < 4.78 is 0. The fourth-order valence-electron chi connectivity index (χ4n) is 1.83. The van der Waals surface area contributed by atoms with E-state index in [1.54, 1.807) is 12.3 Å². The molecule has 0 bridgehead atoms. The smallest absolute Gasteiger partial charge is 0.138 e. The molecular formula is C15H21N5. The van der Waals surface area contributed by atoms with Gasteiger partial charge in [0.25, 0.3) is 0 Å². The summed E-state index contributed by atoms with van der Waals surface area (Å²) in [6.07, 6.45) is 3.62. The van der Waals surface area contributed by atoms with Gasteiger partial charge < -0.3 is 10.6 Å².